The first-order valence-corrected chi connectivity index (χ1v) is 9.18. The lowest BCUT2D eigenvalue weighted by Gasteiger charge is -2.24. The van der Waals surface area contributed by atoms with Crippen LogP contribution in [0.15, 0.2) is 36.7 Å². The molecule has 1 aliphatic heterocycles. The van der Waals surface area contributed by atoms with Crippen LogP contribution in [-0.4, -0.2) is 28.8 Å². The number of nitrogens with one attached hydrogen (secondary N) is 2. The Balaban J connectivity index is 1.52. The predicted molar refractivity (Wildman–Crippen MR) is 97.1 cm³/mol. The third kappa shape index (κ3) is 3.33. The molecule has 2 N–H and O–H groups in total. The fraction of sp³-hybridized carbons (Fsp3) is 0.500. The molecule has 5 nitrogen and oxygen atoms in total. The van der Waals surface area contributed by atoms with Gasteiger partial charge >= 0.3 is 0 Å². The van der Waals surface area contributed by atoms with E-state index in [1.54, 1.807) is 0 Å². The Morgan fingerprint density at radius 2 is 2.12 bits per heavy atom. The van der Waals surface area contributed by atoms with E-state index in [0.29, 0.717) is 5.92 Å². The first kappa shape index (κ1) is 16.3. The van der Waals surface area contributed by atoms with E-state index in [1.165, 1.54) is 24.0 Å². The lowest BCUT2D eigenvalue weighted by Crippen LogP contribution is -2.38. The maximum Gasteiger partial charge on any atom is 0.225 e. The van der Waals surface area contributed by atoms with E-state index in [9.17, 15) is 4.79 Å². The van der Waals surface area contributed by atoms with Crippen LogP contribution >= 0.6 is 0 Å². The topological polar surface area (TPSA) is 59.0 Å². The summed E-state index contributed by atoms with van der Waals surface area (Å²) in [6.07, 6.45) is 6.32. The van der Waals surface area contributed by atoms with E-state index in [4.69, 9.17) is 0 Å². The fourth-order valence-corrected chi connectivity index (χ4v) is 4.01. The van der Waals surface area contributed by atoms with E-state index in [1.807, 2.05) is 24.1 Å². The second kappa shape index (κ2) is 6.64. The third-order valence-corrected chi connectivity index (χ3v) is 5.62. The molecular formula is C20H26N4O. The Kier molecular flexibility index (Phi) is 4.34. The van der Waals surface area contributed by atoms with Gasteiger partial charge in [0.2, 0.25) is 5.91 Å². The van der Waals surface area contributed by atoms with Crippen LogP contribution < -0.4 is 10.6 Å². The minimum Gasteiger partial charge on any atom is -0.349 e. The Morgan fingerprint density at radius 1 is 1.32 bits per heavy atom. The number of amides is 1. The van der Waals surface area contributed by atoms with Crippen molar-refractivity contribution >= 4 is 5.91 Å². The van der Waals surface area contributed by atoms with Crippen molar-refractivity contribution in [2.24, 2.45) is 18.9 Å². The maximum absolute atomic E-state index is 13.1. The van der Waals surface area contributed by atoms with Crippen LogP contribution in [0.5, 0.6) is 0 Å². The second-order valence-corrected chi connectivity index (χ2v) is 7.50. The van der Waals surface area contributed by atoms with Crippen LogP contribution in [0.4, 0.5) is 0 Å². The predicted octanol–water partition coefficient (Wildman–Crippen LogP) is 2.30. The summed E-state index contributed by atoms with van der Waals surface area (Å²) >= 11 is 0. The Hall–Kier alpha value is -2.14. The van der Waals surface area contributed by atoms with Crippen LogP contribution in [0.3, 0.4) is 0 Å². The summed E-state index contributed by atoms with van der Waals surface area (Å²) in [6.45, 7) is 3.70. The highest BCUT2D eigenvalue weighted by Gasteiger charge is 2.39. The van der Waals surface area contributed by atoms with Gasteiger partial charge in [0.25, 0.3) is 0 Å². The van der Waals surface area contributed by atoms with Crippen molar-refractivity contribution in [3.05, 3.63) is 53.3 Å². The first-order chi connectivity index (χ1) is 12.1. The molecule has 3 atom stereocenters. The van der Waals surface area contributed by atoms with Crippen molar-refractivity contribution < 1.29 is 4.79 Å². The zero-order valence-corrected chi connectivity index (χ0v) is 14.9. The van der Waals surface area contributed by atoms with E-state index in [2.05, 4.69) is 46.9 Å². The molecule has 5 heteroatoms. The molecule has 1 aromatic heterocycles. The highest BCUT2D eigenvalue weighted by atomic mass is 16.2. The molecule has 2 aromatic rings. The number of aryl methyl sites for hydroxylation is 2. The van der Waals surface area contributed by atoms with Crippen LogP contribution in [0.2, 0.25) is 0 Å². The summed E-state index contributed by atoms with van der Waals surface area (Å²) in [5.74, 6) is 0.912. The fourth-order valence-electron chi connectivity index (χ4n) is 4.01. The number of aromatic nitrogens is 2. The number of carbonyl (C=O) groups excluding carboxylic acids is 1. The molecule has 2 fully saturated rings. The van der Waals surface area contributed by atoms with Crippen molar-refractivity contribution in [1.82, 2.24) is 20.4 Å². The van der Waals surface area contributed by atoms with E-state index >= 15 is 0 Å². The van der Waals surface area contributed by atoms with Crippen molar-refractivity contribution in [2.75, 3.05) is 13.1 Å². The number of hydrogen-bond acceptors (Lipinski definition) is 3. The number of hydrogen-bond donors (Lipinski definition) is 2. The molecule has 1 amide bonds. The summed E-state index contributed by atoms with van der Waals surface area (Å²) in [5, 5.41) is 11.0. The number of rotatable bonds is 5. The second-order valence-electron chi connectivity index (χ2n) is 7.50. The molecule has 1 aliphatic carbocycles. The SMILES string of the molecule is Cc1ccccc1C(NC(=O)[C@H]1CNC[C@@H]1c1cnn(C)c1)C1CC1. The average Bonchev–Trinajstić information content (AvgIpc) is 3.15. The zero-order chi connectivity index (χ0) is 17.4. The van der Waals surface area contributed by atoms with E-state index < -0.39 is 0 Å². The quantitative estimate of drug-likeness (QED) is 0.879. The molecule has 1 saturated carbocycles. The lowest BCUT2D eigenvalue weighted by atomic mass is 9.89. The van der Waals surface area contributed by atoms with Gasteiger partial charge in [0, 0.05) is 32.3 Å². The molecular weight excluding hydrogens is 312 g/mol. The Morgan fingerprint density at radius 3 is 2.80 bits per heavy atom. The summed E-state index contributed by atoms with van der Waals surface area (Å²) in [7, 11) is 1.92. The zero-order valence-electron chi connectivity index (χ0n) is 14.9. The van der Waals surface area contributed by atoms with Crippen molar-refractivity contribution in [2.45, 2.75) is 31.7 Å². The Labute approximate surface area is 148 Å². The number of carbonyl (C=O) groups is 1. The highest BCUT2D eigenvalue weighted by Crippen LogP contribution is 2.42. The summed E-state index contributed by atoms with van der Waals surface area (Å²) < 4.78 is 1.81. The maximum atomic E-state index is 13.1. The first-order valence-electron chi connectivity index (χ1n) is 9.18. The van der Waals surface area contributed by atoms with Gasteiger partial charge in [-0.05, 0) is 42.4 Å². The van der Waals surface area contributed by atoms with Gasteiger partial charge in [-0.3, -0.25) is 9.48 Å². The van der Waals surface area contributed by atoms with Gasteiger partial charge in [-0.15, -0.1) is 0 Å². The van der Waals surface area contributed by atoms with Gasteiger partial charge in [-0.1, -0.05) is 24.3 Å². The van der Waals surface area contributed by atoms with Gasteiger partial charge in [0.1, 0.15) is 0 Å². The molecule has 0 radical (unpaired) electrons. The van der Waals surface area contributed by atoms with Crippen molar-refractivity contribution in [3.63, 3.8) is 0 Å². The number of benzene rings is 1. The lowest BCUT2D eigenvalue weighted by molar-refractivity contribution is -0.125. The monoisotopic (exact) mass is 338 g/mol. The molecule has 4 rings (SSSR count). The van der Waals surface area contributed by atoms with Gasteiger partial charge in [-0.2, -0.15) is 5.10 Å². The Bertz CT molecular complexity index is 765. The summed E-state index contributed by atoms with van der Waals surface area (Å²) in [6, 6.07) is 8.56. The van der Waals surface area contributed by atoms with Crippen molar-refractivity contribution in [3.8, 4) is 0 Å². The third-order valence-electron chi connectivity index (χ3n) is 5.62. The van der Waals surface area contributed by atoms with Gasteiger partial charge in [0.15, 0.2) is 0 Å². The molecule has 2 heterocycles. The van der Waals surface area contributed by atoms with Gasteiger partial charge in [-0.25, -0.2) is 0 Å². The molecule has 1 saturated heterocycles. The van der Waals surface area contributed by atoms with Crippen LogP contribution in [-0.2, 0) is 11.8 Å². The normalized spacial score (nSPS) is 24.2. The van der Waals surface area contributed by atoms with Gasteiger partial charge < -0.3 is 10.6 Å². The van der Waals surface area contributed by atoms with Gasteiger partial charge in [0.05, 0.1) is 18.2 Å². The highest BCUT2D eigenvalue weighted by molar-refractivity contribution is 5.81. The smallest absolute Gasteiger partial charge is 0.225 e. The molecule has 132 valence electrons. The standard InChI is InChI=1S/C20H26N4O/c1-13-5-3-4-6-16(13)19(14-7-8-14)23-20(25)18-11-21-10-17(18)15-9-22-24(2)12-15/h3-6,9,12,14,17-19,21H,7-8,10-11H2,1-2H3,(H,23,25)/t17-,18+,19?/m1/s1. The molecule has 0 spiro atoms. The summed E-state index contributed by atoms with van der Waals surface area (Å²) in [5.41, 5.74) is 3.67. The minimum atomic E-state index is -0.0329. The number of nitrogens with zero attached hydrogens (tertiary/aromatic N) is 2. The molecule has 25 heavy (non-hydrogen) atoms. The molecule has 2 aliphatic rings. The van der Waals surface area contributed by atoms with E-state index in [0.717, 1.165) is 18.7 Å². The largest absolute Gasteiger partial charge is 0.349 e. The molecule has 0 bridgehead atoms. The van der Waals surface area contributed by atoms with E-state index in [-0.39, 0.29) is 23.8 Å². The molecule has 1 unspecified atom stereocenters. The van der Waals surface area contributed by atoms with Crippen LogP contribution in [0.1, 0.15) is 41.5 Å². The van der Waals surface area contributed by atoms with Crippen LogP contribution in [0.25, 0.3) is 0 Å². The van der Waals surface area contributed by atoms with Crippen molar-refractivity contribution in [1.29, 1.82) is 0 Å². The average molecular weight is 338 g/mol. The molecule has 1 aromatic carbocycles. The van der Waals surface area contributed by atoms with Crippen LogP contribution in [0, 0.1) is 18.8 Å². The summed E-state index contributed by atoms with van der Waals surface area (Å²) in [4.78, 5) is 13.1. The minimum absolute atomic E-state index is 0.0329.